The fraction of sp³-hybridized carbons (Fsp3) is 0.310. The number of rotatable bonds is 12. The van der Waals surface area contributed by atoms with E-state index in [2.05, 4.69) is 37.4 Å². The van der Waals surface area contributed by atoms with Crippen molar-refractivity contribution in [3.63, 3.8) is 0 Å². The van der Waals surface area contributed by atoms with Crippen LogP contribution in [0.2, 0.25) is 0 Å². The molecule has 8 aromatic rings. The van der Waals surface area contributed by atoms with Gasteiger partial charge < -0.3 is 52.6 Å². The highest BCUT2D eigenvalue weighted by Gasteiger charge is 2.26. The van der Waals surface area contributed by atoms with Crippen molar-refractivity contribution in [2.24, 2.45) is 0 Å². The Morgan fingerprint density at radius 1 is 0.623 bits per heavy atom. The Bertz CT molecular complexity index is 3520. The number of furan rings is 2. The summed E-state index contributed by atoms with van der Waals surface area (Å²) < 4.78 is 46.3. The number of fused-ring (bicyclic) bond motifs is 2. The van der Waals surface area contributed by atoms with Gasteiger partial charge in [0.25, 0.3) is 5.91 Å². The van der Waals surface area contributed by atoms with Crippen LogP contribution in [0.4, 0.5) is 0 Å². The molecule has 0 bridgehead atoms. The van der Waals surface area contributed by atoms with Gasteiger partial charge in [-0.15, -0.1) is 0 Å². The predicted octanol–water partition coefficient (Wildman–Crippen LogP) is 9.51. The number of pyridine rings is 4. The van der Waals surface area contributed by atoms with E-state index in [0.717, 1.165) is 67.4 Å². The van der Waals surface area contributed by atoms with E-state index in [-0.39, 0.29) is 29.4 Å². The van der Waals surface area contributed by atoms with Crippen molar-refractivity contribution in [2.75, 3.05) is 66.8 Å². The molecule has 2 aromatic carbocycles. The zero-order valence-electron chi connectivity index (χ0n) is 42.5. The number of amides is 1. The molecule has 19 heteroatoms. The minimum Gasteiger partial charge on any atom is -0.494 e. The Labute approximate surface area is 442 Å². The maximum Gasteiger partial charge on any atom is 0.337 e. The summed E-state index contributed by atoms with van der Waals surface area (Å²) in [6, 6.07) is 25.8. The highest BCUT2D eigenvalue weighted by Crippen LogP contribution is 2.40. The number of ether oxygens (including phenoxy) is 6. The summed E-state index contributed by atoms with van der Waals surface area (Å²) in [4.78, 5) is 43.3. The molecule has 0 aliphatic carbocycles. The Morgan fingerprint density at radius 3 is 1.48 bits per heavy atom. The molecule has 1 amide bonds. The van der Waals surface area contributed by atoms with Crippen LogP contribution < -0.4 is 24.3 Å². The Kier molecular flexibility index (Phi) is 15.9. The number of nitrogens with one attached hydrogen (secondary N) is 1. The molecule has 0 unspecified atom stereocenters. The Balaban J connectivity index is 0.000000163. The van der Waals surface area contributed by atoms with Crippen LogP contribution in [0.1, 0.15) is 70.4 Å². The van der Waals surface area contributed by atoms with Crippen LogP contribution in [-0.4, -0.2) is 121 Å². The van der Waals surface area contributed by atoms with E-state index < -0.39 is 5.97 Å². The molecule has 0 spiro atoms. The van der Waals surface area contributed by atoms with Crippen LogP contribution >= 0.6 is 0 Å². The number of carbonyl (C=O) groups excluding carboxylic acids is 1. The van der Waals surface area contributed by atoms with E-state index in [1.165, 1.54) is 46.0 Å². The molecular weight excluding hydrogens is 985 g/mol. The number of carboxylic acids is 1. The van der Waals surface area contributed by atoms with Gasteiger partial charge >= 0.3 is 5.97 Å². The summed E-state index contributed by atoms with van der Waals surface area (Å²) in [6.07, 6.45) is 11.8. The molecule has 4 saturated heterocycles. The summed E-state index contributed by atoms with van der Waals surface area (Å²) in [7, 11) is 2.98. The van der Waals surface area contributed by atoms with Crippen molar-refractivity contribution in [1.82, 2.24) is 30.2 Å². The van der Waals surface area contributed by atoms with E-state index in [9.17, 15) is 25.2 Å². The Hall–Kier alpha value is -8.88. The molecule has 392 valence electrons. The fourth-order valence-electron chi connectivity index (χ4n) is 8.97. The van der Waals surface area contributed by atoms with Gasteiger partial charge in [-0.3, -0.25) is 14.8 Å². The lowest BCUT2D eigenvalue weighted by molar-refractivity contribution is 0.0252. The number of aromatic nitrogens is 4. The largest absolute Gasteiger partial charge is 0.494 e. The number of methoxy groups -OCH3 is 2. The third-order valence-corrected chi connectivity index (χ3v) is 13.5. The van der Waals surface area contributed by atoms with Crippen LogP contribution in [0.5, 0.6) is 23.0 Å². The number of aromatic carboxylic acids is 1. The Morgan fingerprint density at radius 2 is 1.08 bits per heavy atom. The number of benzene rings is 2. The smallest absolute Gasteiger partial charge is 0.337 e. The number of nitriles is 2. The van der Waals surface area contributed by atoms with Gasteiger partial charge in [-0.05, 0) is 85.6 Å². The van der Waals surface area contributed by atoms with Crippen molar-refractivity contribution >= 4 is 34.1 Å². The van der Waals surface area contributed by atoms with Gasteiger partial charge in [0.1, 0.15) is 69.8 Å². The van der Waals surface area contributed by atoms with Gasteiger partial charge in [0.05, 0.1) is 62.9 Å². The number of nitrogens with zero attached hydrogens (tertiary/aromatic N) is 7. The summed E-state index contributed by atoms with van der Waals surface area (Å²) in [5, 5.41) is 31.9. The second-order valence-corrected chi connectivity index (χ2v) is 18.5. The van der Waals surface area contributed by atoms with Crippen molar-refractivity contribution in [1.29, 1.82) is 10.5 Å². The van der Waals surface area contributed by atoms with Crippen molar-refractivity contribution in [3.8, 4) is 80.3 Å². The quantitative estimate of drug-likeness (QED) is 0.116. The molecule has 19 nitrogen and oxygen atoms in total. The molecule has 77 heavy (non-hydrogen) atoms. The van der Waals surface area contributed by atoms with Crippen LogP contribution in [-0.2, 0) is 9.47 Å². The van der Waals surface area contributed by atoms with Crippen LogP contribution in [0, 0.1) is 22.7 Å². The lowest BCUT2D eigenvalue weighted by Gasteiger charge is -2.30. The number of likely N-dealkylation sites (tertiary alicyclic amines) is 1. The average molecular weight is 1040 g/mol. The molecule has 0 saturated carbocycles. The minimum absolute atomic E-state index is 0.00705. The highest BCUT2D eigenvalue weighted by molar-refractivity contribution is 5.97. The molecule has 12 rings (SSSR count). The third-order valence-electron chi connectivity index (χ3n) is 13.5. The van der Waals surface area contributed by atoms with E-state index >= 15 is 0 Å². The van der Waals surface area contributed by atoms with E-state index in [1.807, 2.05) is 30.3 Å². The number of carboxylic acid groups (broad SMARTS) is 1. The normalized spacial score (nSPS) is 15.3. The molecule has 10 heterocycles. The van der Waals surface area contributed by atoms with Crippen molar-refractivity contribution in [2.45, 2.75) is 50.7 Å². The molecule has 4 fully saturated rings. The molecule has 4 aliphatic heterocycles. The fourth-order valence-corrected chi connectivity index (χ4v) is 8.97. The van der Waals surface area contributed by atoms with Gasteiger partial charge in [0.2, 0.25) is 0 Å². The first-order chi connectivity index (χ1) is 37.7. The second-order valence-electron chi connectivity index (χ2n) is 18.5. The first kappa shape index (κ1) is 51.6. The third kappa shape index (κ3) is 11.5. The van der Waals surface area contributed by atoms with E-state index in [1.54, 1.807) is 59.9 Å². The molecular formula is C58H54N8O11. The lowest BCUT2D eigenvalue weighted by atomic mass is 10.0. The summed E-state index contributed by atoms with van der Waals surface area (Å²) in [5.74, 6) is 1.52. The second kappa shape index (κ2) is 23.8. The maximum absolute atomic E-state index is 12.6. The molecule has 4 aliphatic rings. The standard InChI is InChI=1S/C29H26N4O5.C26H21N3O6.C3H7N/c1-35-25-14-20(29(34)33-9-2-10-33)17-32-27(25)26-15-23-28(38-26)22(5-8-31-23)18-3-4-24(19(13-18)16-30)37-21-6-11-36-12-7-21;1-32-22-11-17(26(30)31)14-29-24(22)23-12-20-25(35-23)19(4-7-28-20)15-2-3-21(16(10-15)13-27)34-18-5-8-33-9-6-18;1-2-4-3-1/h3-5,8,13-15,17,21H,2,6-7,9-12H2,1H3;2-4,7,10-12,14,18H,5-6,8-9H2,1H3,(H,30,31);4H,1-3H2. The summed E-state index contributed by atoms with van der Waals surface area (Å²) in [5.41, 5.74) is 7.64. The van der Waals surface area contributed by atoms with Crippen molar-refractivity contribution in [3.05, 3.63) is 120 Å². The average Bonchev–Trinajstić information content (AvgIpc) is 4.17. The van der Waals surface area contributed by atoms with Crippen molar-refractivity contribution < 1.29 is 52.0 Å². The molecule has 0 atom stereocenters. The van der Waals surface area contributed by atoms with Crippen LogP contribution in [0.3, 0.4) is 0 Å². The first-order valence-corrected chi connectivity index (χ1v) is 25.4. The SMILES string of the molecule is C1CNC1.COc1cc(C(=O)N2CCC2)cnc1-c1cc2nccc(-c3ccc(OC4CCOCC4)c(C#N)c3)c2o1.COc1cc(C(=O)O)cnc1-c1cc2nccc(-c3ccc(OC4CCOCC4)c(C#N)c3)c2o1. The van der Waals surface area contributed by atoms with Gasteiger partial charge in [-0.25, -0.2) is 14.8 Å². The van der Waals surface area contributed by atoms with Gasteiger partial charge in [0.15, 0.2) is 22.7 Å². The van der Waals surface area contributed by atoms with Gasteiger partial charge in [-0.1, -0.05) is 12.1 Å². The minimum atomic E-state index is -1.10. The van der Waals surface area contributed by atoms with Crippen LogP contribution in [0.15, 0.2) is 106 Å². The summed E-state index contributed by atoms with van der Waals surface area (Å²) >= 11 is 0. The summed E-state index contributed by atoms with van der Waals surface area (Å²) in [6.45, 7) is 6.65. The first-order valence-electron chi connectivity index (χ1n) is 25.4. The van der Waals surface area contributed by atoms with Gasteiger partial charge in [0, 0.05) is 86.8 Å². The molecule has 0 radical (unpaired) electrons. The topological polar surface area (TPSA) is 250 Å². The van der Waals surface area contributed by atoms with Gasteiger partial charge in [-0.2, -0.15) is 10.5 Å². The molecule has 6 aromatic heterocycles. The van der Waals surface area contributed by atoms with E-state index in [0.29, 0.717) is 105 Å². The zero-order chi connectivity index (χ0) is 53.3. The van der Waals surface area contributed by atoms with E-state index in [4.69, 9.17) is 37.3 Å². The maximum atomic E-state index is 12.6. The number of carbonyl (C=O) groups is 2. The monoisotopic (exact) mass is 1040 g/mol. The number of hydrogen-bond acceptors (Lipinski definition) is 17. The zero-order valence-corrected chi connectivity index (χ0v) is 42.5. The highest BCUT2D eigenvalue weighted by atomic mass is 16.5. The lowest BCUT2D eigenvalue weighted by Crippen LogP contribution is -2.42. The predicted molar refractivity (Wildman–Crippen MR) is 282 cm³/mol. The molecule has 2 N–H and O–H groups in total. The van der Waals surface area contributed by atoms with Crippen LogP contribution in [0.25, 0.3) is 67.4 Å². The number of hydrogen-bond donors (Lipinski definition) is 2.